The molecule has 31 heavy (non-hydrogen) atoms. The predicted octanol–water partition coefficient (Wildman–Crippen LogP) is 2.40. The van der Waals surface area contributed by atoms with Crippen molar-refractivity contribution >= 4 is 42.6 Å². The lowest BCUT2D eigenvalue weighted by molar-refractivity contribution is -0.117. The van der Waals surface area contributed by atoms with Crippen LogP contribution in [0.2, 0.25) is 0 Å². The second-order valence-corrected chi connectivity index (χ2v) is 11.2. The van der Waals surface area contributed by atoms with Crippen molar-refractivity contribution in [1.82, 2.24) is 19.1 Å². The Hall–Kier alpha value is -2.81. The van der Waals surface area contributed by atoms with Crippen LogP contribution in [-0.2, 0) is 20.4 Å². The zero-order valence-electron chi connectivity index (χ0n) is 16.8. The maximum absolute atomic E-state index is 12.1. The van der Waals surface area contributed by atoms with Gasteiger partial charge in [-0.05, 0) is 18.9 Å². The average Bonchev–Trinajstić information content (AvgIpc) is 3.28. The SMILES string of the molecule is [C-]#[N+]CC1(n2cc(-c3cccc4nc(NC(=O)C5CC5)sc34)cn2)CN(S(C)(=O)=O)C1. The fraction of sp³-hybridized carbons (Fsp3) is 0.400. The summed E-state index contributed by atoms with van der Waals surface area (Å²) in [6.07, 6.45) is 6.63. The molecule has 2 aliphatic rings. The van der Waals surface area contributed by atoms with Gasteiger partial charge in [-0.25, -0.2) is 20.0 Å². The molecular weight excluding hydrogens is 436 g/mol. The topological polar surface area (TPSA) is 102 Å². The van der Waals surface area contributed by atoms with Crippen LogP contribution in [0, 0.1) is 12.5 Å². The van der Waals surface area contributed by atoms with Gasteiger partial charge in [-0.2, -0.15) is 9.40 Å². The smallest absolute Gasteiger partial charge is 0.242 e. The molecular formula is C20H20N6O3S2. The minimum atomic E-state index is -3.30. The molecule has 1 saturated heterocycles. The largest absolute Gasteiger partial charge is 0.314 e. The van der Waals surface area contributed by atoms with Crippen molar-refractivity contribution in [3.63, 3.8) is 0 Å². The highest BCUT2D eigenvalue weighted by molar-refractivity contribution is 7.88. The molecule has 9 nitrogen and oxygen atoms in total. The molecule has 1 aliphatic heterocycles. The summed E-state index contributed by atoms with van der Waals surface area (Å²) in [7, 11) is -3.30. The molecule has 2 fully saturated rings. The van der Waals surface area contributed by atoms with Gasteiger partial charge in [0.25, 0.3) is 0 Å². The molecule has 5 rings (SSSR count). The molecule has 1 aliphatic carbocycles. The Bertz CT molecular complexity index is 1330. The number of thiazole rings is 1. The van der Waals surface area contributed by atoms with E-state index in [0.29, 0.717) is 5.13 Å². The van der Waals surface area contributed by atoms with Gasteiger partial charge in [0.15, 0.2) is 10.7 Å². The molecule has 1 amide bonds. The molecule has 1 aromatic carbocycles. The number of sulfonamides is 1. The second kappa shape index (κ2) is 7.12. The lowest BCUT2D eigenvalue weighted by atomic mass is 9.92. The first-order valence-corrected chi connectivity index (χ1v) is 12.5. The third-order valence-corrected chi connectivity index (χ3v) is 7.97. The Labute approximate surface area is 183 Å². The summed E-state index contributed by atoms with van der Waals surface area (Å²) in [6, 6.07) is 5.78. The molecule has 3 aromatic rings. The number of anilines is 1. The lowest BCUT2D eigenvalue weighted by Gasteiger charge is -2.45. The first-order valence-electron chi connectivity index (χ1n) is 9.83. The van der Waals surface area contributed by atoms with Crippen molar-refractivity contribution in [3.8, 4) is 11.1 Å². The van der Waals surface area contributed by atoms with Crippen molar-refractivity contribution in [1.29, 1.82) is 0 Å². The van der Waals surface area contributed by atoms with E-state index in [2.05, 4.69) is 20.2 Å². The van der Waals surface area contributed by atoms with Gasteiger partial charge >= 0.3 is 0 Å². The Morgan fingerprint density at radius 2 is 2.16 bits per heavy atom. The summed E-state index contributed by atoms with van der Waals surface area (Å²) in [4.78, 5) is 20.2. The quantitative estimate of drug-likeness (QED) is 0.574. The Balaban J connectivity index is 1.46. The molecule has 160 valence electrons. The number of aromatic nitrogens is 3. The fourth-order valence-electron chi connectivity index (χ4n) is 3.81. The first kappa shape index (κ1) is 20.1. The van der Waals surface area contributed by atoms with Crippen LogP contribution in [0.25, 0.3) is 26.2 Å². The molecule has 3 heterocycles. The predicted molar refractivity (Wildman–Crippen MR) is 118 cm³/mol. The number of benzene rings is 1. The standard InChI is InChI=1S/C20H20N6O3S2/c1-21-10-20(11-25(12-20)31(2,28)29)26-9-14(8-22-26)15-4-3-5-16-17(15)30-19(23-16)24-18(27)13-6-7-13/h3-5,8-9,13H,6-7,10-12H2,2H3,(H,23,24,27). The van der Waals surface area contributed by atoms with E-state index in [1.165, 1.54) is 21.9 Å². The van der Waals surface area contributed by atoms with E-state index in [9.17, 15) is 13.2 Å². The first-order chi connectivity index (χ1) is 14.8. The number of hydrogen-bond acceptors (Lipinski definition) is 6. The van der Waals surface area contributed by atoms with E-state index in [4.69, 9.17) is 6.57 Å². The Morgan fingerprint density at radius 1 is 1.39 bits per heavy atom. The number of hydrogen-bond donors (Lipinski definition) is 1. The molecule has 1 N–H and O–H groups in total. The highest BCUT2D eigenvalue weighted by atomic mass is 32.2. The van der Waals surface area contributed by atoms with Gasteiger partial charge in [-0.1, -0.05) is 23.5 Å². The van der Waals surface area contributed by atoms with E-state index in [1.807, 2.05) is 24.4 Å². The normalized spacial score (nSPS) is 18.5. The number of nitrogens with zero attached hydrogens (tertiary/aromatic N) is 5. The van der Waals surface area contributed by atoms with Crippen LogP contribution >= 0.6 is 11.3 Å². The van der Waals surface area contributed by atoms with Gasteiger partial charge in [0.1, 0.15) is 0 Å². The summed E-state index contributed by atoms with van der Waals surface area (Å²) in [6.45, 7) is 7.94. The van der Waals surface area contributed by atoms with E-state index >= 15 is 0 Å². The molecule has 2 aromatic heterocycles. The third-order valence-electron chi connectivity index (χ3n) is 5.76. The summed E-state index contributed by atoms with van der Waals surface area (Å²) in [5, 5.41) is 7.97. The number of rotatable bonds is 6. The van der Waals surface area contributed by atoms with Gasteiger partial charge in [0.05, 0.1) is 22.7 Å². The highest BCUT2D eigenvalue weighted by Crippen LogP contribution is 2.38. The minimum Gasteiger partial charge on any atom is -0.314 e. The average molecular weight is 457 g/mol. The van der Waals surface area contributed by atoms with Crippen molar-refractivity contribution < 1.29 is 13.2 Å². The van der Waals surface area contributed by atoms with Crippen LogP contribution in [0.5, 0.6) is 0 Å². The summed E-state index contributed by atoms with van der Waals surface area (Å²) in [5.74, 6) is 0.132. The molecule has 0 radical (unpaired) electrons. The maximum atomic E-state index is 12.1. The number of fused-ring (bicyclic) bond motifs is 1. The second-order valence-electron chi connectivity index (χ2n) is 8.18. The van der Waals surface area contributed by atoms with Gasteiger partial charge in [-0.15, -0.1) is 0 Å². The van der Waals surface area contributed by atoms with Crippen LogP contribution in [0.1, 0.15) is 12.8 Å². The molecule has 0 spiro atoms. The molecule has 0 atom stereocenters. The Morgan fingerprint density at radius 3 is 2.84 bits per heavy atom. The van der Waals surface area contributed by atoms with Crippen LogP contribution in [0.3, 0.4) is 0 Å². The van der Waals surface area contributed by atoms with Crippen LogP contribution < -0.4 is 5.32 Å². The summed E-state index contributed by atoms with van der Waals surface area (Å²) >= 11 is 1.43. The number of nitrogens with one attached hydrogen (secondary N) is 1. The van der Waals surface area contributed by atoms with E-state index < -0.39 is 15.6 Å². The molecule has 1 saturated carbocycles. The van der Waals surface area contributed by atoms with Crippen molar-refractivity contribution in [2.24, 2.45) is 5.92 Å². The fourth-order valence-corrected chi connectivity index (χ4v) is 5.77. The van der Waals surface area contributed by atoms with E-state index in [-0.39, 0.29) is 31.5 Å². The maximum Gasteiger partial charge on any atom is 0.242 e. The Kier molecular flexibility index (Phi) is 4.62. The van der Waals surface area contributed by atoms with E-state index in [0.717, 1.165) is 34.2 Å². The number of carbonyl (C=O) groups is 1. The molecule has 0 bridgehead atoms. The summed E-state index contributed by atoms with van der Waals surface area (Å²) in [5.41, 5.74) is 1.93. The molecule has 11 heteroatoms. The zero-order valence-corrected chi connectivity index (χ0v) is 18.4. The van der Waals surface area contributed by atoms with Gasteiger partial charge < -0.3 is 10.2 Å². The van der Waals surface area contributed by atoms with Crippen LogP contribution in [-0.4, -0.2) is 59.3 Å². The zero-order chi connectivity index (χ0) is 21.8. The monoisotopic (exact) mass is 456 g/mol. The van der Waals surface area contributed by atoms with Crippen LogP contribution in [0.4, 0.5) is 5.13 Å². The van der Waals surface area contributed by atoms with Crippen molar-refractivity contribution in [3.05, 3.63) is 42.0 Å². The van der Waals surface area contributed by atoms with Gasteiger partial charge in [0.2, 0.25) is 22.5 Å². The van der Waals surface area contributed by atoms with Crippen molar-refractivity contribution in [2.75, 3.05) is 31.2 Å². The lowest BCUT2D eigenvalue weighted by Crippen LogP contribution is -2.65. The molecule has 0 unspecified atom stereocenters. The van der Waals surface area contributed by atoms with E-state index in [1.54, 1.807) is 10.9 Å². The highest BCUT2D eigenvalue weighted by Gasteiger charge is 2.52. The van der Waals surface area contributed by atoms with Crippen molar-refractivity contribution in [2.45, 2.75) is 18.4 Å². The van der Waals surface area contributed by atoms with Crippen LogP contribution in [0.15, 0.2) is 30.6 Å². The third kappa shape index (κ3) is 3.60. The minimum absolute atomic E-state index is 0.0231. The number of carbonyl (C=O) groups excluding carboxylic acids is 1. The van der Waals surface area contributed by atoms with Gasteiger partial charge in [-0.3, -0.25) is 9.48 Å². The summed E-state index contributed by atoms with van der Waals surface area (Å²) < 4.78 is 27.7. The van der Waals surface area contributed by atoms with Gasteiger partial charge in [0, 0.05) is 36.3 Å². The number of amides is 1.